The van der Waals surface area contributed by atoms with E-state index < -0.39 is 0 Å². The van der Waals surface area contributed by atoms with Crippen LogP contribution in [0.15, 0.2) is 54.6 Å². The van der Waals surface area contributed by atoms with E-state index in [9.17, 15) is 4.39 Å². The molecule has 0 fully saturated rings. The lowest BCUT2D eigenvalue weighted by Gasteiger charge is -2.11. The van der Waals surface area contributed by atoms with Crippen molar-refractivity contribution < 1.29 is 4.39 Å². The Kier molecular flexibility index (Phi) is 5.23. The molecular formula is C20H21FN4. The van der Waals surface area contributed by atoms with Crippen molar-refractivity contribution in [3.8, 4) is 0 Å². The van der Waals surface area contributed by atoms with Crippen molar-refractivity contribution in [2.45, 2.75) is 26.9 Å². The third-order valence-corrected chi connectivity index (χ3v) is 3.97. The van der Waals surface area contributed by atoms with Crippen LogP contribution in [0.5, 0.6) is 0 Å². The number of benzene rings is 2. The number of hydrogen-bond donors (Lipinski definition) is 2. The third-order valence-electron chi connectivity index (χ3n) is 3.97. The van der Waals surface area contributed by atoms with Gasteiger partial charge in [-0.25, -0.2) is 9.37 Å². The van der Waals surface area contributed by atoms with E-state index in [-0.39, 0.29) is 5.82 Å². The van der Waals surface area contributed by atoms with E-state index in [4.69, 9.17) is 0 Å². The van der Waals surface area contributed by atoms with E-state index in [0.29, 0.717) is 30.4 Å². The number of anilines is 2. The molecular weight excluding hydrogens is 315 g/mol. The van der Waals surface area contributed by atoms with Gasteiger partial charge in [0, 0.05) is 30.4 Å². The second-order valence-electron chi connectivity index (χ2n) is 5.94. The Balaban J connectivity index is 1.68. The molecule has 0 atom stereocenters. The lowest BCUT2D eigenvalue weighted by atomic mass is 10.1. The van der Waals surface area contributed by atoms with Crippen LogP contribution >= 0.6 is 0 Å². The molecule has 0 aliphatic carbocycles. The van der Waals surface area contributed by atoms with Gasteiger partial charge in [0.25, 0.3) is 0 Å². The minimum Gasteiger partial charge on any atom is -0.366 e. The maximum Gasteiger partial charge on any atom is 0.225 e. The van der Waals surface area contributed by atoms with Crippen LogP contribution in [0, 0.1) is 19.7 Å². The smallest absolute Gasteiger partial charge is 0.225 e. The van der Waals surface area contributed by atoms with Gasteiger partial charge in [0.2, 0.25) is 5.95 Å². The summed E-state index contributed by atoms with van der Waals surface area (Å²) in [5.41, 5.74) is 3.88. The second-order valence-corrected chi connectivity index (χ2v) is 5.94. The number of rotatable bonds is 6. The van der Waals surface area contributed by atoms with Gasteiger partial charge in [-0.2, -0.15) is 4.98 Å². The molecule has 4 nitrogen and oxygen atoms in total. The molecule has 2 N–H and O–H groups in total. The Morgan fingerprint density at radius 2 is 1.52 bits per heavy atom. The summed E-state index contributed by atoms with van der Waals surface area (Å²) < 4.78 is 13.7. The summed E-state index contributed by atoms with van der Waals surface area (Å²) in [6.07, 6.45) is 0. The van der Waals surface area contributed by atoms with E-state index in [2.05, 4.69) is 39.7 Å². The first-order valence-electron chi connectivity index (χ1n) is 8.23. The van der Waals surface area contributed by atoms with Crippen LogP contribution in [0.4, 0.5) is 16.2 Å². The van der Waals surface area contributed by atoms with Gasteiger partial charge in [-0.3, -0.25) is 0 Å². The number of aromatic nitrogens is 2. The summed E-state index contributed by atoms with van der Waals surface area (Å²) >= 11 is 0. The molecule has 0 radical (unpaired) electrons. The molecule has 0 saturated heterocycles. The van der Waals surface area contributed by atoms with Crippen molar-refractivity contribution >= 4 is 11.8 Å². The molecule has 0 amide bonds. The van der Waals surface area contributed by atoms with Crippen LogP contribution in [-0.4, -0.2) is 9.97 Å². The Morgan fingerprint density at radius 1 is 0.840 bits per heavy atom. The molecule has 3 rings (SSSR count). The highest BCUT2D eigenvalue weighted by Crippen LogP contribution is 2.14. The molecule has 3 aromatic rings. The lowest BCUT2D eigenvalue weighted by molar-refractivity contribution is 0.613. The molecule has 0 aliphatic rings. The number of aryl methyl sites for hydroxylation is 2. The standard InChI is InChI=1S/C20H21FN4/c1-14-7-3-4-8-16(14)12-23-20-24-15(2)11-19(25-20)22-13-17-9-5-6-10-18(17)21/h3-11H,12-13H2,1-2H3,(H2,22,23,24,25). The number of halogens is 1. The molecule has 128 valence electrons. The van der Waals surface area contributed by atoms with Gasteiger partial charge in [0.1, 0.15) is 11.6 Å². The number of hydrogen-bond acceptors (Lipinski definition) is 4. The predicted octanol–water partition coefficient (Wildman–Crippen LogP) is 4.46. The minimum absolute atomic E-state index is 0.223. The van der Waals surface area contributed by atoms with Crippen LogP contribution < -0.4 is 10.6 Å². The lowest BCUT2D eigenvalue weighted by Crippen LogP contribution is -2.09. The maximum atomic E-state index is 13.7. The predicted molar refractivity (Wildman–Crippen MR) is 99.0 cm³/mol. The summed E-state index contributed by atoms with van der Waals surface area (Å²) in [5.74, 6) is 1.00. The van der Waals surface area contributed by atoms with Crippen molar-refractivity contribution in [1.82, 2.24) is 9.97 Å². The summed E-state index contributed by atoms with van der Waals surface area (Å²) in [4.78, 5) is 8.88. The monoisotopic (exact) mass is 336 g/mol. The zero-order chi connectivity index (χ0) is 17.6. The average molecular weight is 336 g/mol. The SMILES string of the molecule is Cc1cc(NCc2ccccc2F)nc(NCc2ccccc2C)n1. The Morgan fingerprint density at radius 3 is 2.28 bits per heavy atom. The maximum absolute atomic E-state index is 13.7. The van der Waals surface area contributed by atoms with Crippen LogP contribution in [0.2, 0.25) is 0 Å². The topological polar surface area (TPSA) is 49.8 Å². The first-order chi connectivity index (χ1) is 12.1. The highest BCUT2D eigenvalue weighted by Gasteiger charge is 2.05. The van der Waals surface area contributed by atoms with Crippen molar-refractivity contribution in [2.75, 3.05) is 10.6 Å². The van der Waals surface area contributed by atoms with Crippen LogP contribution in [0.25, 0.3) is 0 Å². The number of nitrogens with one attached hydrogen (secondary N) is 2. The molecule has 25 heavy (non-hydrogen) atoms. The van der Waals surface area contributed by atoms with Gasteiger partial charge in [-0.05, 0) is 31.0 Å². The van der Waals surface area contributed by atoms with Crippen LogP contribution in [-0.2, 0) is 13.1 Å². The fourth-order valence-corrected chi connectivity index (χ4v) is 2.55. The second kappa shape index (κ2) is 7.75. The van der Waals surface area contributed by atoms with E-state index >= 15 is 0 Å². The van der Waals surface area contributed by atoms with Gasteiger partial charge >= 0.3 is 0 Å². The molecule has 0 saturated carbocycles. The Labute approximate surface area is 147 Å². The average Bonchev–Trinajstić information content (AvgIpc) is 2.60. The molecule has 0 aliphatic heterocycles. The Hall–Kier alpha value is -2.95. The van der Waals surface area contributed by atoms with Crippen molar-refractivity contribution in [3.63, 3.8) is 0 Å². The van der Waals surface area contributed by atoms with Crippen LogP contribution in [0.1, 0.15) is 22.4 Å². The zero-order valence-electron chi connectivity index (χ0n) is 14.4. The quantitative estimate of drug-likeness (QED) is 0.698. The highest BCUT2D eigenvalue weighted by atomic mass is 19.1. The molecule has 1 aromatic heterocycles. The van der Waals surface area contributed by atoms with Gasteiger partial charge in [-0.1, -0.05) is 42.5 Å². The first kappa shape index (κ1) is 16.9. The van der Waals surface area contributed by atoms with E-state index in [1.165, 1.54) is 17.2 Å². The van der Waals surface area contributed by atoms with E-state index in [0.717, 1.165) is 5.69 Å². The molecule has 0 unspecified atom stereocenters. The summed E-state index contributed by atoms with van der Waals surface area (Å²) in [6, 6.07) is 16.8. The Bertz CT molecular complexity index is 796. The van der Waals surface area contributed by atoms with Crippen molar-refractivity contribution in [1.29, 1.82) is 0 Å². The first-order valence-corrected chi connectivity index (χ1v) is 8.23. The highest BCUT2D eigenvalue weighted by molar-refractivity contribution is 5.43. The summed E-state index contributed by atoms with van der Waals surface area (Å²) in [6.45, 7) is 5.02. The van der Waals surface area contributed by atoms with E-state index in [1.54, 1.807) is 12.1 Å². The van der Waals surface area contributed by atoms with Crippen molar-refractivity contribution in [2.24, 2.45) is 0 Å². The third kappa shape index (κ3) is 4.53. The fraction of sp³-hybridized carbons (Fsp3) is 0.200. The molecule has 2 aromatic carbocycles. The van der Waals surface area contributed by atoms with Gasteiger partial charge < -0.3 is 10.6 Å². The largest absolute Gasteiger partial charge is 0.366 e. The fourth-order valence-electron chi connectivity index (χ4n) is 2.55. The molecule has 1 heterocycles. The zero-order valence-corrected chi connectivity index (χ0v) is 14.4. The molecule has 0 spiro atoms. The molecule has 5 heteroatoms. The number of nitrogens with zero attached hydrogens (tertiary/aromatic N) is 2. The normalized spacial score (nSPS) is 10.5. The summed E-state index contributed by atoms with van der Waals surface area (Å²) in [5, 5.41) is 6.42. The van der Waals surface area contributed by atoms with Gasteiger partial charge in [0.05, 0.1) is 0 Å². The van der Waals surface area contributed by atoms with E-state index in [1.807, 2.05) is 31.2 Å². The van der Waals surface area contributed by atoms with Crippen molar-refractivity contribution in [3.05, 3.63) is 82.8 Å². The van der Waals surface area contributed by atoms with Gasteiger partial charge in [0.15, 0.2) is 0 Å². The molecule has 0 bridgehead atoms. The van der Waals surface area contributed by atoms with Crippen LogP contribution in [0.3, 0.4) is 0 Å². The minimum atomic E-state index is -0.223. The summed E-state index contributed by atoms with van der Waals surface area (Å²) in [7, 11) is 0. The van der Waals surface area contributed by atoms with Gasteiger partial charge in [-0.15, -0.1) is 0 Å².